The van der Waals surface area contributed by atoms with Crippen LogP contribution in [0.15, 0.2) is 108 Å². The Morgan fingerprint density at radius 1 is 0.870 bits per heavy atom. The molecular weight excluding hydrogens is 629 g/mol. The number of hydrogen-bond donors (Lipinski definition) is 1. The monoisotopic (exact) mass is 665 g/mol. The molecule has 0 bridgehead atoms. The lowest BCUT2D eigenvalue weighted by Gasteiger charge is -2.34. The summed E-state index contributed by atoms with van der Waals surface area (Å²) >= 11 is 6.12. The van der Waals surface area contributed by atoms with Gasteiger partial charge in [0.25, 0.3) is 10.0 Å². The lowest BCUT2D eigenvalue weighted by Crippen LogP contribution is -2.54. The van der Waals surface area contributed by atoms with E-state index in [1.54, 1.807) is 24.3 Å². The molecule has 0 aliphatic carbocycles. The van der Waals surface area contributed by atoms with Crippen LogP contribution < -0.4 is 14.4 Å². The van der Waals surface area contributed by atoms with E-state index < -0.39 is 34.3 Å². The highest BCUT2D eigenvalue weighted by atomic mass is 35.5. The van der Waals surface area contributed by atoms with E-state index in [-0.39, 0.29) is 35.5 Å². The molecule has 0 unspecified atom stereocenters. The van der Waals surface area contributed by atoms with Crippen molar-refractivity contribution in [3.63, 3.8) is 0 Å². The van der Waals surface area contributed by atoms with Crippen LogP contribution in [0, 0.1) is 5.82 Å². The first kappa shape index (κ1) is 34.5. The van der Waals surface area contributed by atoms with Crippen molar-refractivity contribution < 1.29 is 27.1 Å². The number of rotatable bonds is 14. The molecule has 2 amide bonds. The van der Waals surface area contributed by atoms with Crippen LogP contribution in [-0.2, 0) is 32.6 Å². The maximum atomic E-state index is 14.4. The van der Waals surface area contributed by atoms with E-state index >= 15 is 0 Å². The van der Waals surface area contributed by atoms with Crippen LogP contribution in [0.25, 0.3) is 0 Å². The van der Waals surface area contributed by atoms with Crippen LogP contribution in [0.2, 0.25) is 5.02 Å². The van der Waals surface area contributed by atoms with E-state index in [0.717, 1.165) is 22.0 Å². The fourth-order valence-electron chi connectivity index (χ4n) is 4.86. The Morgan fingerprint density at radius 2 is 1.50 bits per heavy atom. The van der Waals surface area contributed by atoms with Gasteiger partial charge in [0.1, 0.15) is 24.2 Å². The molecule has 0 spiro atoms. The maximum absolute atomic E-state index is 14.4. The van der Waals surface area contributed by atoms with Crippen LogP contribution in [0.3, 0.4) is 0 Å². The number of benzene rings is 4. The standard InChI is InChI=1S/C35H37ClFN3O5S/c1-4-45-31-18-20-32(21-19-31)46(43,44)40(30-16-14-29(37)15-17-30)24-34(41)39(23-27-10-12-28(36)13-11-27)33(35(42)38-25(2)3)22-26-8-6-5-7-9-26/h5-21,25,33H,4,22-24H2,1-3H3,(H,38,42)/t33-/m0/s1. The topological polar surface area (TPSA) is 96.0 Å². The normalized spacial score (nSPS) is 12.0. The molecule has 46 heavy (non-hydrogen) atoms. The summed E-state index contributed by atoms with van der Waals surface area (Å²) in [6.07, 6.45) is 0.181. The summed E-state index contributed by atoms with van der Waals surface area (Å²) in [5.41, 5.74) is 1.59. The predicted molar refractivity (Wildman–Crippen MR) is 178 cm³/mol. The summed E-state index contributed by atoms with van der Waals surface area (Å²) in [5.74, 6) is -1.09. The summed E-state index contributed by atoms with van der Waals surface area (Å²) in [6, 6.07) is 25.6. The second kappa shape index (κ2) is 15.7. The minimum atomic E-state index is -4.34. The number of hydrogen-bond acceptors (Lipinski definition) is 5. The van der Waals surface area contributed by atoms with Gasteiger partial charge in [-0.1, -0.05) is 54.1 Å². The average Bonchev–Trinajstić information content (AvgIpc) is 3.03. The quantitative estimate of drug-likeness (QED) is 0.172. The molecule has 0 aromatic heterocycles. The number of ether oxygens (including phenoxy) is 1. The number of halogens is 2. The summed E-state index contributed by atoms with van der Waals surface area (Å²) in [5, 5.41) is 3.42. The van der Waals surface area contributed by atoms with Gasteiger partial charge in [-0.2, -0.15) is 0 Å². The largest absolute Gasteiger partial charge is 0.494 e. The van der Waals surface area contributed by atoms with Gasteiger partial charge in [0, 0.05) is 24.0 Å². The Morgan fingerprint density at radius 3 is 2.09 bits per heavy atom. The smallest absolute Gasteiger partial charge is 0.264 e. The zero-order valence-corrected chi connectivity index (χ0v) is 27.5. The Balaban J connectivity index is 1.79. The number of amides is 2. The lowest BCUT2D eigenvalue weighted by molar-refractivity contribution is -0.140. The van der Waals surface area contributed by atoms with Gasteiger partial charge in [0.15, 0.2) is 0 Å². The molecule has 0 aliphatic rings. The lowest BCUT2D eigenvalue weighted by atomic mass is 10.0. The van der Waals surface area contributed by atoms with Crippen molar-refractivity contribution in [2.75, 3.05) is 17.5 Å². The van der Waals surface area contributed by atoms with E-state index in [0.29, 0.717) is 22.9 Å². The van der Waals surface area contributed by atoms with Gasteiger partial charge in [-0.3, -0.25) is 13.9 Å². The fraction of sp³-hybridized carbons (Fsp3) is 0.257. The van der Waals surface area contributed by atoms with Crippen molar-refractivity contribution in [1.82, 2.24) is 10.2 Å². The molecule has 8 nitrogen and oxygen atoms in total. The first-order valence-electron chi connectivity index (χ1n) is 14.9. The molecule has 0 radical (unpaired) electrons. The molecule has 11 heteroatoms. The number of nitrogens with zero attached hydrogens (tertiary/aromatic N) is 2. The Hall–Kier alpha value is -4.41. The van der Waals surface area contributed by atoms with Gasteiger partial charge >= 0.3 is 0 Å². The van der Waals surface area contributed by atoms with E-state index in [9.17, 15) is 22.4 Å². The van der Waals surface area contributed by atoms with E-state index in [2.05, 4.69) is 5.32 Å². The van der Waals surface area contributed by atoms with Crippen LogP contribution >= 0.6 is 11.6 Å². The van der Waals surface area contributed by atoms with Crippen molar-refractivity contribution >= 4 is 39.1 Å². The molecule has 1 N–H and O–H groups in total. The van der Waals surface area contributed by atoms with Crippen LogP contribution in [0.1, 0.15) is 31.9 Å². The summed E-state index contributed by atoms with van der Waals surface area (Å²) in [6.45, 7) is 5.20. The first-order valence-corrected chi connectivity index (χ1v) is 16.7. The first-order chi connectivity index (χ1) is 22.0. The molecule has 4 aromatic carbocycles. The number of anilines is 1. The van der Waals surface area contributed by atoms with E-state index in [1.165, 1.54) is 41.3 Å². The predicted octanol–water partition coefficient (Wildman–Crippen LogP) is 6.24. The average molecular weight is 666 g/mol. The molecule has 1 atom stereocenters. The highest BCUT2D eigenvalue weighted by molar-refractivity contribution is 7.92. The Kier molecular flexibility index (Phi) is 11.8. The van der Waals surface area contributed by atoms with Gasteiger partial charge < -0.3 is 15.0 Å². The molecule has 0 aliphatic heterocycles. The van der Waals surface area contributed by atoms with Crippen LogP contribution in [0.5, 0.6) is 5.75 Å². The van der Waals surface area contributed by atoms with Crippen LogP contribution in [0.4, 0.5) is 10.1 Å². The molecular formula is C35H37ClFN3O5S. The minimum Gasteiger partial charge on any atom is -0.494 e. The van der Waals surface area contributed by atoms with Crippen molar-refractivity contribution in [1.29, 1.82) is 0 Å². The van der Waals surface area contributed by atoms with Crippen molar-refractivity contribution in [2.45, 2.75) is 50.7 Å². The highest BCUT2D eigenvalue weighted by Crippen LogP contribution is 2.27. The molecule has 0 heterocycles. The molecule has 4 aromatic rings. The molecule has 4 rings (SSSR count). The number of carbonyl (C=O) groups excluding carboxylic acids is 2. The third-order valence-corrected chi connectivity index (χ3v) is 9.12. The second-order valence-electron chi connectivity index (χ2n) is 10.9. The zero-order chi connectivity index (χ0) is 33.3. The highest BCUT2D eigenvalue weighted by Gasteiger charge is 2.35. The Bertz CT molecular complexity index is 1700. The molecule has 0 saturated heterocycles. The number of sulfonamides is 1. The maximum Gasteiger partial charge on any atom is 0.264 e. The fourth-order valence-corrected chi connectivity index (χ4v) is 6.40. The number of carbonyl (C=O) groups is 2. The summed E-state index contributed by atoms with van der Waals surface area (Å²) < 4.78 is 48.5. The molecule has 0 fully saturated rings. The zero-order valence-electron chi connectivity index (χ0n) is 25.9. The third-order valence-electron chi connectivity index (χ3n) is 7.08. The second-order valence-corrected chi connectivity index (χ2v) is 13.2. The summed E-state index contributed by atoms with van der Waals surface area (Å²) in [4.78, 5) is 29.5. The minimum absolute atomic E-state index is 0.000618. The molecule has 0 saturated carbocycles. The van der Waals surface area contributed by atoms with Gasteiger partial charge in [-0.15, -0.1) is 0 Å². The van der Waals surface area contributed by atoms with Gasteiger partial charge in [0.2, 0.25) is 11.8 Å². The number of nitrogens with one attached hydrogen (secondary N) is 1. The Labute approximate surface area is 274 Å². The summed E-state index contributed by atoms with van der Waals surface area (Å²) in [7, 11) is -4.34. The van der Waals surface area contributed by atoms with Crippen molar-refractivity contribution in [3.8, 4) is 5.75 Å². The third kappa shape index (κ3) is 9.08. The van der Waals surface area contributed by atoms with Crippen molar-refractivity contribution in [3.05, 3.63) is 125 Å². The van der Waals surface area contributed by atoms with E-state index in [4.69, 9.17) is 16.3 Å². The van der Waals surface area contributed by atoms with Gasteiger partial charge in [-0.05, 0) is 92.6 Å². The van der Waals surface area contributed by atoms with Gasteiger partial charge in [0.05, 0.1) is 17.2 Å². The van der Waals surface area contributed by atoms with Gasteiger partial charge in [-0.25, -0.2) is 12.8 Å². The van der Waals surface area contributed by atoms with Crippen LogP contribution in [-0.4, -0.2) is 50.4 Å². The SMILES string of the molecule is CCOc1ccc(S(=O)(=O)N(CC(=O)N(Cc2ccc(Cl)cc2)[C@@H](Cc2ccccc2)C(=O)NC(C)C)c2ccc(F)cc2)cc1. The molecule has 242 valence electrons. The van der Waals surface area contributed by atoms with E-state index in [1.807, 2.05) is 51.1 Å². The van der Waals surface area contributed by atoms with Crippen molar-refractivity contribution in [2.24, 2.45) is 0 Å².